The van der Waals surface area contributed by atoms with E-state index in [1.54, 1.807) is 18.2 Å². The van der Waals surface area contributed by atoms with Crippen molar-refractivity contribution in [2.24, 2.45) is 0 Å². The second kappa shape index (κ2) is 11.2. The van der Waals surface area contributed by atoms with E-state index in [0.29, 0.717) is 22.6 Å². The molecule has 5 rings (SSSR count). The molecule has 40 heavy (non-hydrogen) atoms. The highest BCUT2D eigenvalue weighted by atomic mass is 19.1. The molecule has 1 amide bonds. The number of para-hydroxylation sites is 1. The maximum Gasteiger partial charge on any atom is 0.287 e. The number of hydrogen-bond donors (Lipinski definition) is 4. The first-order valence-electron chi connectivity index (χ1n) is 13.0. The fourth-order valence-corrected chi connectivity index (χ4v) is 4.53. The molecule has 0 spiro atoms. The zero-order valence-corrected chi connectivity index (χ0v) is 22.9. The van der Waals surface area contributed by atoms with Crippen LogP contribution in [0.3, 0.4) is 0 Å². The number of rotatable bonds is 6. The third-order valence-corrected chi connectivity index (χ3v) is 6.95. The number of likely N-dealkylation sites (N-methyl/N-ethyl adjacent to an activating group) is 2. The Labute approximate surface area is 231 Å². The average molecular weight is 542 g/mol. The van der Waals surface area contributed by atoms with Gasteiger partial charge in [-0.2, -0.15) is 5.10 Å². The molecule has 0 bridgehead atoms. The summed E-state index contributed by atoms with van der Waals surface area (Å²) in [4.78, 5) is 33.1. The van der Waals surface area contributed by atoms with Gasteiger partial charge in [0.15, 0.2) is 0 Å². The monoisotopic (exact) mass is 541 g/mol. The lowest BCUT2D eigenvalue weighted by Gasteiger charge is -2.34. The topological polar surface area (TPSA) is 109 Å². The van der Waals surface area contributed by atoms with E-state index in [1.165, 1.54) is 12.1 Å². The Balaban J connectivity index is 1.41. The van der Waals surface area contributed by atoms with E-state index in [2.05, 4.69) is 55.8 Å². The van der Waals surface area contributed by atoms with Gasteiger partial charge in [-0.25, -0.2) is 9.49 Å². The summed E-state index contributed by atoms with van der Waals surface area (Å²) in [6, 6.07) is 15.1. The summed E-state index contributed by atoms with van der Waals surface area (Å²) >= 11 is 0. The standard InChI is InChI=1S/C30H32FN7O2/c1-18(2)24(15-21-17-37(3)11-12-38(21)4)33-28-16-25(35-36-30(28)40)20-9-10-22(31)26(13-20)34-29(39)27-14-19-7-5-6-8-23(19)32-27/h5-10,13-16,32H,11-12,17H2,1-4H3,(H,33,35)(H,34,39)(H,36,40)/b21-15-. The molecule has 0 saturated carbocycles. The van der Waals surface area contributed by atoms with Gasteiger partial charge in [0, 0.05) is 54.5 Å². The Hall–Kier alpha value is -4.70. The Morgan fingerprint density at radius 3 is 2.60 bits per heavy atom. The van der Waals surface area contributed by atoms with Crippen molar-refractivity contribution in [1.82, 2.24) is 25.0 Å². The number of aromatic amines is 2. The molecule has 0 radical (unpaired) electrons. The number of piperazine rings is 1. The summed E-state index contributed by atoms with van der Waals surface area (Å²) < 4.78 is 14.7. The lowest BCUT2D eigenvalue weighted by molar-refractivity contribution is 0.102. The van der Waals surface area contributed by atoms with E-state index in [4.69, 9.17) is 0 Å². The van der Waals surface area contributed by atoms with Gasteiger partial charge in [0.25, 0.3) is 11.5 Å². The number of anilines is 2. The maximum absolute atomic E-state index is 14.7. The molecule has 9 nitrogen and oxygen atoms in total. The van der Waals surface area contributed by atoms with Gasteiger partial charge in [-0.1, -0.05) is 23.8 Å². The number of carbonyl (C=O) groups is 1. The number of H-pyrrole nitrogens is 2. The Morgan fingerprint density at radius 1 is 1.02 bits per heavy atom. The molecule has 1 aliphatic heterocycles. The van der Waals surface area contributed by atoms with E-state index in [0.717, 1.165) is 47.5 Å². The van der Waals surface area contributed by atoms with E-state index >= 15 is 0 Å². The molecule has 0 unspecified atom stereocenters. The number of nitrogens with one attached hydrogen (secondary N) is 4. The Morgan fingerprint density at radius 2 is 1.82 bits per heavy atom. The highest BCUT2D eigenvalue weighted by Gasteiger charge is 2.17. The molecule has 3 heterocycles. The molecule has 2 aromatic carbocycles. The van der Waals surface area contributed by atoms with Crippen molar-refractivity contribution in [2.45, 2.75) is 13.8 Å². The fraction of sp³-hybridized carbons (Fsp3) is 0.233. The second-order valence-electron chi connectivity index (χ2n) is 10.2. The Bertz CT molecular complexity index is 1660. The predicted octanol–water partition coefficient (Wildman–Crippen LogP) is 4.78. The summed E-state index contributed by atoms with van der Waals surface area (Å²) in [5, 5.41) is 13.5. The predicted molar refractivity (Wildman–Crippen MR) is 157 cm³/mol. The lowest BCUT2D eigenvalue weighted by atomic mass is 10.1. The average Bonchev–Trinajstić information content (AvgIpc) is 3.37. The van der Waals surface area contributed by atoms with Crippen molar-refractivity contribution in [3.05, 3.63) is 99.5 Å². The van der Waals surface area contributed by atoms with Crippen LogP contribution in [0.1, 0.15) is 24.3 Å². The summed E-state index contributed by atoms with van der Waals surface area (Å²) in [6.07, 6.45) is 2.06. The van der Waals surface area contributed by atoms with Crippen LogP contribution in [0.4, 0.5) is 15.8 Å². The number of allylic oxidation sites excluding steroid dienone is 2. The van der Waals surface area contributed by atoms with Crippen LogP contribution in [-0.2, 0) is 0 Å². The molecular weight excluding hydrogens is 509 g/mol. The molecular formula is C30H32FN7O2. The van der Waals surface area contributed by atoms with Gasteiger partial charge >= 0.3 is 0 Å². The quantitative estimate of drug-likeness (QED) is 0.280. The van der Waals surface area contributed by atoms with Crippen LogP contribution in [-0.4, -0.2) is 64.6 Å². The van der Waals surface area contributed by atoms with E-state index in [9.17, 15) is 14.0 Å². The SMILES string of the molecule is CC(C)=C(/C=C1/CN(C)CCN1C)Nc1cc(-c2ccc(F)c(NC(=O)c3cc4ccccc4[nH]3)c2)n[nH]c1=O. The first-order valence-corrected chi connectivity index (χ1v) is 13.0. The van der Waals surface area contributed by atoms with Gasteiger partial charge in [-0.05, 0) is 63.4 Å². The molecule has 4 N–H and O–H groups in total. The molecule has 2 aromatic heterocycles. The van der Waals surface area contributed by atoms with Crippen LogP contribution in [0.2, 0.25) is 0 Å². The first-order chi connectivity index (χ1) is 19.2. The van der Waals surface area contributed by atoms with Gasteiger partial charge in [-0.3, -0.25) is 14.5 Å². The third-order valence-electron chi connectivity index (χ3n) is 6.95. The van der Waals surface area contributed by atoms with Crippen LogP contribution >= 0.6 is 0 Å². The number of amides is 1. The second-order valence-corrected chi connectivity index (χ2v) is 10.2. The van der Waals surface area contributed by atoms with Crippen LogP contribution in [0.25, 0.3) is 22.2 Å². The number of hydrogen-bond acceptors (Lipinski definition) is 6. The van der Waals surface area contributed by atoms with Gasteiger partial charge in [-0.15, -0.1) is 0 Å². The summed E-state index contributed by atoms with van der Waals surface area (Å²) in [7, 11) is 4.14. The van der Waals surface area contributed by atoms with Crippen molar-refractivity contribution < 1.29 is 9.18 Å². The molecule has 206 valence electrons. The van der Waals surface area contributed by atoms with Crippen LogP contribution in [0.5, 0.6) is 0 Å². The largest absolute Gasteiger partial charge is 0.375 e. The third kappa shape index (κ3) is 5.81. The normalized spacial score (nSPS) is 14.9. The number of carbonyl (C=O) groups excluding carboxylic acids is 1. The molecule has 10 heteroatoms. The molecule has 0 atom stereocenters. The number of benzene rings is 2. The number of nitrogens with zero attached hydrogens (tertiary/aromatic N) is 3. The maximum atomic E-state index is 14.7. The van der Waals surface area contributed by atoms with E-state index < -0.39 is 11.7 Å². The van der Waals surface area contributed by atoms with Crippen LogP contribution in [0, 0.1) is 5.82 Å². The minimum Gasteiger partial charge on any atom is -0.375 e. The number of halogens is 1. The van der Waals surface area contributed by atoms with E-state index in [1.807, 2.05) is 38.1 Å². The van der Waals surface area contributed by atoms with Crippen molar-refractivity contribution in [1.29, 1.82) is 0 Å². The van der Waals surface area contributed by atoms with Gasteiger partial charge in [0.1, 0.15) is 17.2 Å². The summed E-state index contributed by atoms with van der Waals surface area (Å²) in [5.41, 5.74) is 4.95. The number of fused-ring (bicyclic) bond motifs is 1. The molecule has 1 aliphatic rings. The Kier molecular flexibility index (Phi) is 7.52. The van der Waals surface area contributed by atoms with Crippen molar-refractivity contribution in [3.8, 4) is 11.3 Å². The minimum absolute atomic E-state index is 0.00263. The molecule has 1 fully saturated rings. The van der Waals surface area contributed by atoms with Crippen molar-refractivity contribution in [3.63, 3.8) is 0 Å². The van der Waals surface area contributed by atoms with Crippen molar-refractivity contribution >= 4 is 28.2 Å². The van der Waals surface area contributed by atoms with E-state index in [-0.39, 0.29) is 11.2 Å². The smallest absolute Gasteiger partial charge is 0.287 e. The zero-order valence-electron chi connectivity index (χ0n) is 22.9. The molecule has 0 aliphatic carbocycles. The van der Waals surface area contributed by atoms with Crippen LogP contribution in [0.15, 0.2) is 82.4 Å². The highest BCUT2D eigenvalue weighted by Crippen LogP contribution is 2.26. The lowest BCUT2D eigenvalue weighted by Crippen LogP contribution is -2.40. The van der Waals surface area contributed by atoms with Crippen molar-refractivity contribution in [2.75, 3.05) is 44.4 Å². The molecule has 1 saturated heterocycles. The summed E-state index contributed by atoms with van der Waals surface area (Å²) in [5.74, 6) is -1.06. The fourth-order valence-electron chi connectivity index (χ4n) is 4.53. The number of aromatic nitrogens is 3. The van der Waals surface area contributed by atoms with Gasteiger partial charge in [0.05, 0.1) is 11.4 Å². The summed E-state index contributed by atoms with van der Waals surface area (Å²) in [6.45, 7) is 6.66. The zero-order chi connectivity index (χ0) is 28.4. The van der Waals surface area contributed by atoms with Crippen LogP contribution < -0.4 is 16.2 Å². The van der Waals surface area contributed by atoms with Gasteiger partial charge in [0.2, 0.25) is 0 Å². The minimum atomic E-state index is -0.587. The molecule has 4 aromatic rings. The highest BCUT2D eigenvalue weighted by molar-refractivity contribution is 6.06. The van der Waals surface area contributed by atoms with Gasteiger partial charge < -0.3 is 20.5 Å². The first kappa shape index (κ1) is 26.9.